The summed E-state index contributed by atoms with van der Waals surface area (Å²) in [5, 5.41) is 8.42. The van der Waals surface area contributed by atoms with Gasteiger partial charge in [-0.05, 0) is 0 Å². The van der Waals surface area contributed by atoms with E-state index in [2.05, 4.69) is 0 Å². The topological polar surface area (TPSA) is 63.3 Å². The first-order valence-electron chi connectivity index (χ1n) is 3.22. The molecule has 0 spiro atoms. The molecule has 0 rings (SSSR count). The van der Waals surface area contributed by atoms with Crippen LogP contribution in [0.15, 0.2) is 0 Å². The number of carboxylic acid groups (broad SMARTS) is 1. The monoisotopic (exact) mass is 147 g/mol. The average Bonchev–Trinajstić information content (AvgIpc) is 1.59. The zero-order valence-electron chi connectivity index (χ0n) is 6.50. The third-order valence-electron chi connectivity index (χ3n) is 1.30. The van der Waals surface area contributed by atoms with Gasteiger partial charge >= 0.3 is 5.97 Å². The van der Waals surface area contributed by atoms with Crippen molar-refractivity contribution in [2.45, 2.75) is 0 Å². The summed E-state index contributed by atoms with van der Waals surface area (Å²) in [5.74, 6) is -0.779. The number of hydrogen-bond acceptors (Lipinski definition) is 2. The Balaban J connectivity index is 3.74. The van der Waals surface area contributed by atoms with E-state index in [0.717, 1.165) is 0 Å². The Hall–Kier alpha value is -0.610. The first-order valence-corrected chi connectivity index (χ1v) is 3.22. The highest BCUT2D eigenvalue weighted by molar-refractivity contribution is 5.67. The van der Waals surface area contributed by atoms with Crippen molar-refractivity contribution < 1.29 is 14.4 Å². The maximum absolute atomic E-state index is 10.2. The molecule has 0 aliphatic rings. The van der Waals surface area contributed by atoms with Crippen LogP contribution in [-0.2, 0) is 4.79 Å². The van der Waals surface area contributed by atoms with E-state index in [1.165, 1.54) is 0 Å². The maximum atomic E-state index is 10.2. The van der Waals surface area contributed by atoms with E-state index < -0.39 is 5.97 Å². The van der Waals surface area contributed by atoms with Gasteiger partial charge in [-0.25, -0.2) is 4.79 Å². The van der Waals surface area contributed by atoms with Gasteiger partial charge in [-0.15, -0.1) is 0 Å². The van der Waals surface area contributed by atoms with E-state index in [1.807, 2.05) is 14.1 Å². The quantitative estimate of drug-likeness (QED) is 0.507. The summed E-state index contributed by atoms with van der Waals surface area (Å²) in [6.07, 6.45) is 0. The molecule has 0 aromatic carbocycles. The predicted molar refractivity (Wildman–Crippen MR) is 38.5 cm³/mol. The van der Waals surface area contributed by atoms with Gasteiger partial charge in [-0.2, -0.15) is 0 Å². The van der Waals surface area contributed by atoms with Gasteiger partial charge in [0.05, 0.1) is 20.6 Å². The predicted octanol–water partition coefficient (Wildman–Crippen LogP) is -0.894. The fraction of sp³-hybridized carbons (Fsp3) is 0.833. The van der Waals surface area contributed by atoms with Gasteiger partial charge in [-0.3, -0.25) is 0 Å². The molecule has 0 aliphatic heterocycles. The number of aliphatic carboxylic acids is 1. The Labute approximate surface area is 60.8 Å². The Morgan fingerprint density at radius 3 is 2.40 bits per heavy atom. The summed E-state index contributed by atoms with van der Waals surface area (Å²) in [6.45, 7) is 1.36. The van der Waals surface area contributed by atoms with E-state index in [1.54, 1.807) is 0 Å². The van der Waals surface area contributed by atoms with Crippen molar-refractivity contribution in [2.75, 3.05) is 33.7 Å². The molecular formula is C6H15N2O2+. The lowest BCUT2D eigenvalue weighted by molar-refractivity contribution is -0.881. The Kier molecular flexibility index (Phi) is 3.32. The van der Waals surface area contributed by atoms with Gasteiger partial charge in [0.1, 0.15) is 0 Å². The zero-order valence-corrected chi connectivity index (χ0v) is 6.50. The van der Waals surface area contributed by atoms with Crippen molar-refractivity contribution in [1.29, 1.82) is 0 Å². The highest BCUT2D eigenvalue weighted by atomic mass is 16.4. The molecule has 0 saturated carbocycles. The molecule has 3 N–H and O–H groups in total. The van der Waals surface area contributed by atoms with Crippen LogP contribution in [0.1, 0.15) is 0 Å². The lowest BCUT2D eigenvalue weighted by Gasteiger charge is -2.26. The van der Waals surface area contributed by atoms with Crippen molar-refractivity contribution in [2.24, 2.45) is 5.73 Å². The van der Waals surface area contributed by atoms with Gasteiger partial charge in [0.2, 0.25) is 0 Å². The number of quaternary nitrogens is 1. The molecule has 10 heavy (non-hydrogen) atoms. The number of rotatable bonds is 4. The number of carbonyl (C=O) groups is 1. The summed E-state index contributed by atoms with van der Waals surface area (Å²) in [7, 11) is 3.70. The summed E-state index contributed by atoms with van der Waals surface area (Å²) in [4.78, 5) is 10.2. The van der Waals surface area contributed by atoms with Gasteiger partial charge in [-0.1, -0.05) is 0 Å². The molecule has 0 amide bonds. The minimum atomic E-state index is -0.779. The van der Waals surface area contributed by atoms with E-state index in [9.17, 15) is 4.79 Å². The molecule has 0 heterocycles. The third kappa shape index (κ3) is 4.29. The molecule has 4 heteroatoms. The van der Waals surface area contributed by atoms with Crippen molar-refractivity contribution >= 4 is 5.97 Å². The summed E-state index contributed by atoms with van der Waals surface area (Å²) < 4.78 is 0.450. The Bertz CT molecular complexity index is 123. The van der Waals surface area contributed by atoms with Crippen LogP contribution >= 0.6 is 0 Å². The molecule has 0 unspecified atom stereocenters. The second-order valence-electron chi connectivity index (χ2n) is 3.00. The minimum absolute atomic E-state index is 0.136. The SMILES string of the molecule is C[N+](C)(CCN)CC(=O)O. The lowest BCUT2D eigenvalue weighted by atomic mass is 10.4. The molecule has 0 atom stereocenters. The summed E-state index contributed by atoms with van der Waals surface area (Å²) in [5.41, 5.74) is 5.28. The molecule has 0 radical (unpaired) electrons. The maximum Gasteiger partial charge on any atom is 0.359 e. The molecule has 0 aromatic rings. The smallest absolute Gasteiger partial charge is 0.359 e. The first-order chi connectivity index (χ1) is 4.48. The zero-order chi connectivity index (χ0) is 8.20. The van der Waals surface area contributed by atoms with Gasteiger partial charge in [0, 0.05) is 6.54 Å². The molecule has 0 bridgehead atoms. The fourth-order valence-electron chi connectivity index (χ4n) is 0.795. The summed E-state index contributed by atoms with van der Waals surface area (Å²) in [6, 6.07) is 0. The van der Waals surface area contributed by atoms with Crippen LogP contribution < -0.4 is 5.73 Å². The van der Waals surface area contributed by atoms with Crippen LogP contribution in [0.5, 0.6) is 0 Å². The van der Waals surface area contributed by atoms with Crippen molar-refractivity contribution in [3.8, 4) is 0 Å². The number of carboxylic acids is 1. The van der Waals surface area contributed by atoms with Crippen LogP contribution in [-0.4, -0.2) is 49.3 Å². The highest BCUT2D eigenvalue weighted by Crippen LogP contribution is 1.93. The van der Waals surface area contributed by atoms with Gasteiger partial charge < -0.3 is 15.3 Å². The van der Waals surface area contributed by atoms with Gasteiger partial charge in [0.25, 0.3) is 0 Å². The third-order valence-corrected chi connectivity index (χ3v) is 1.30. The number of hydrogen-bond donors (Lipinski definition) is 2. The Morgan fingerprint density at radius 1 is 1.60 bits per heavy atom. The molecule has 0 aliphatic carbocycles. The minimum Gasteiger partial charge on any atom is -0.477 e. The number of likely N-dealkylation sites (N-methyl/N-ethyl adjacent to an activating group) is 1. The van der Waals surface area contributed by atoms with Crippen LogP contribution in [0, 0.1) is 0 Å². The van der Waals surface area contributed by atoms with Crippen LogP contribution in [0.4, 0.5) is 0 Å². The summed E-state index contributed by atoms with van der Waals surface area (Å²) >= 11 is 0. The standard InChI is InChI=1S/C6H14N2O2/c1-8(2,4-3-7)5-6(9)10/h3-5,7H2,1-2H3/p+1. The molecule has 60 valence electrons. The fourth-order valence-corrected chi connectivity index (χ4v) is 0.795. The van der Waals surface area contributed by atoms with Crippen molar-refractivity contribution in [1.82, 2.24) is 0 Å². The number of nitrogens with two attached hydrogens (primary N) is 1. The average molecular weight is 147 g/mol. The Morgan fingerprint density at radius 2 is 2.10 bits per heavy atom. The van der Waals surface area contributed by atoms with Crippen molar-refractivity contribution in [3.05, 3.63) is 0 Å². The largest absolute Gasteiger partial charge is 0.477 e. The second-order valence-corrected chi connectivity index (χ2v) is 3.00. The molecule has 0 fully saturated rings. The normalized spacial score (nSPS) is 11.5. The van der Waals surface area contributed by atoms with E-state index in [-0.39, 0.29) is 6.54 Å². The van der Waals surface area contributed by atoms with E-state index >= 15 is 0 Å². The first kappa shape index (κ1) is 9.39. The number of nitrogens with zero attached hydrogens (tertiary/aromatic N) is 1. The van der Waals surface area contributed by atoms with Gasteiger partial charge in [0.15, 0.2) is 6.54 Å². The molecule has 0 saturated heterocycles. The highest BCUT2D eigenvalue weighted by Gasteiger charge is 2.17. The van der Waals surface area contributed by atoms with Crippen molar-refractivity contribution in [3.63, 3.8) is 0 Å². The van der Waals surface area contributed by atoms with Crippen LogP contribution in [0.3, 0.4) is 0 Å². The van der Waals surface area contributed by atoms with Crippen LogP contribution in [0.25, 0.3) is 0 Å². The van der Waals surface area contributed by atoms with Crippen LogP contribution in [0.2, 0.25) is 0 Å². The molecule has 0 aromatic heterocycles. The lowest BCUT2D eigenvalue weighted by Crippen LogP contribution is -2.46. The molecular weight excluding hydrogens is 132 g/mol. The second kappa shape index (κ2) is 3.53. The van der Waals surface area contributed by atoms with E-state index in [0.29, 0.717) is 17.6 Å². The van der Waals surface area contributed by atoms with E-state index in [4.69, 9.17) is 10.8 Å². The molecule has 4 nitrogen and oxygen atoms in total.